The highest BCUT2D eigenvalue weighted by atomic mass is 16.5. The van der Waals surface area contributed by atoms with E-state index in [2.05, 4.69) is 20.4 Å². The van der Waals surface area contributed by atoms with Gasteiger partial charge in [0.2, 0.25) is 0 Å². The summed E-state index contributed by atoms with van der Waals surface area (Å²) in [6.07, 6.45) is 1.50. The maximum absolute atomic E-state index is 13.1. The number of nitrogens with zero attached hydrogens (tertiary/aromatic N) is 4. The molecule has 1 aromatic carbocycles. The molecule has 1 atom stereocenters. The number of pyridine rings is 2. The van der Waals surface area contributed by atoms with Crippen molar-refractivity contribution in [1.29, 1.82) is 0 Å². The predicted molar refractivity (Wildman–Crippen MR) is 115 cm³/mol. The van der Waals surface area contributed by atoms with Crippen LogP contribution in [0.15, 0.2) is 45.8 Å². The second-order valence-electron chi connectivity index (χ2n) is 7.30. The number of fused-ring (bicyclic) bond motifs is 1. The Bertz CT molecular complexity index is 1290. The van der Waals surface area contributed by atoms with Crippen LogP contribution in [0.4, 0.5) is 11.6 Å². The van der Waals surface area contributed by atoms with Crippen molar-refractivity contribution in [3.63, 3.8) is 0 Å². The van der Waals surface area contributed by atoms with Gasteiger partial charge in [-0.1, -0.05) is 6.07 Å². The number of rotatable bonds is 5. The number of ether oxygens (including phenoxy) is 1. The Kier molecular flexibility index (Phi) is 5.09. The largest absolute Gasteiger partial charge is 0.372 e. The maximum atomic E-state index is 13.1. The number of benzene rings is 1. The van der Waals surface area contributed by atoms with E-state index < -0.39 is 0 Å². The molecule has 0 spiro atoms. The van der Waals surface area contributed by atoms with E-state index in [0.29, 0.717) is 17.4 Å². The van der Waals surface area contributed by atoms with Gasteiger partial charge in [-0.2, -0.15) is 4.98 Å². The van der Waals surface area contributed by atoms with E-state index in [1.165, 1.54) is 0 Å². The second-order valence-corrected chi connectivity index (χ2v) is 7.30. The van der Waals surface area contributed by atoms with Crippen molar-refractivity contribution in [2.24, 2.45) is 7.05 Å². The van der Waals surface area contributed by atoms with Crippen molar-refractivity contribution < 1.29 is 9.26 Å². The van der Waals surface area contributed by atoms with Gasteiger partial charge in [-0.3, -0.25) is 9.78 Å². The molecule has 0 fully saturated rings. The van der Waals surface area contributed by atoms with Crippen LogP contribution in [0.3, 0.4) is 0 Å². The molecule has 0 saturated heterocycles. The zero-order chi connectivity index (χ0) is 21.4. The molecule has 0 aliphatic rings. The second kappa shape index (κ2) is 7.72. The normalized spacial score (nSPS) is 12.3. The smallest absolute Gasteiger partial charge is 0.267 e. The summed E-state index contributed by atoms with van der Waals surface area (Å²) in [5.74, 6) is 0.716. The third kappa shape index (κ3) is 3.57. The van der Waals surface area contributed by atoms with Crippen LogP contribution in [0, 0.1) is 13.8 Å². The van der Waals surface area contributed by atoms with Crippen LogP contribution in [-0.4, -0.2) is 26.8 Å². The molecule has 0 aliphatic carbocycles. The summed E-state index contributed by atoms with van der Waals surface area (Å²) < 4.78 is 12.1. The van der Waals surface area contributed by atoms with Gasteiger partial charge in [0.15, 0.2) is 0 Å². The number of hydrogen-bond donors (Lipinski definition) is 1. The van der Waals surface area contributed by atoms with Crippen molar-refractivity contribution in [2.75, 3.05) is 12.4 Å². The lowest BCUT2D eigenvalue weighted by molar-refractivity contribution is 0.0886. The molecule has 0 bridgehead atoms. The van der Waals surface area contributed by atoms with Crippen molar-refractivity contribution in [3.05, 3.63) is 64.0 Å². The third-order valence-corrected chi connectivity index (χ3v) is 5.17. The molecular formula is C22H23N5O3. The van der Waals surface area contributed by atoms with Gasteiger partial charge in [0, 0.05) is 42.7 Å². The fourth-order valence-corrected chi connectivity index (χ4v) is 3.33. The first-order chi connectivity index (χ1) is 14.4. The SMILES string of the molecule is CO[C@@H](C)c1nc(Nc2ccc(C)c(-c3cc4cnc(C)cc4n(C)c3=O)c2)no1. The molecule has 0 aliphatic heterocycles. The molecule has 4 rings (SSSR count). The van der Waals surface area contributed by atoms with Gasteiger partial charge in [-0.05, 0) is 61.3 Å². The Hall–Kier alpha value is -3.52. The van der Waals surface area contributed by atoms with Gasteiger partial charge in [0.25, 0.3) is 17.4 Å². The lowest BCUT2D eigenvalue weighted by Gasteiger charge is -2.12. The number of aromatic nitrogens is 4. The highest BCUT2D eigenvalue weighted by Crippen LogP contribution is 2.28. The van der Waals surface area contributed by atoms with E-state index in [-0.39, 0.29) is 11.7 Å². The summed E-state index contributed by atoms with van der Waals surface area (Å²) in [5.41, 5.74) is 4.83. The van der Waals surface area contributed by atoms with E-state index >= 15 is 0 Å². The van der Waals surface area contributed by atoms with Crippen molar-refractivity contribution >= 4 is 22.5 Å². The lowest BCUT2D eigenvalue weighted by Crippen LogP contribution is -2.19. The molecule has 3 heterocycles. The molecule has 8 heteroatoms. The van der Waals surface area contributed by atoms with E-state index in [1.807, 2.05) is 51.1 Å². The first-order valence-corrected chi connectivity index (χ1v) is 9.58. The highest BCUT2D eigenvalue weighted by molar-refractivity contribution is 5.85. The van der Waals surface area contributed by atoms with Gasteiger partial charge >= 0.3 is 0 Å². The Morgan fingerprint density at radius 1 is 1.17 bits per heavy atom. The number of aryl methyl sites for hydroxylation is 3. The summed E-state index contributed by atoms with van der Waals surface area (Å²) in [6.45, 7) is 5.71. The first kappa shape index (κ1) is 19.8. The van der Waals surface area contributed by atoms with Gasteiger partial charge in [0.05, 0.1) is 5.52 Å². The minimum Gasteiger partial charge on any atom is -0.372 e. The molecule has 0 saturated carbocycles. The summed E-state index contributed by atoms with van der Waals surface area (Å²) in [4.78, 5) is 21.8. The number of anilines is 2. The zero-order valence-corrected chi connectivity index (χ0v) is 17.6. The van der Waals surface area contributed by atoms with E-state index in [0.717, 1.165) is 33.4 Å². The molecule has 0 unspecified atom stereocenters. The first-order valence-electron chi connectivity index (χ1n) is 9.58. The van der Waals surface area contributed by atoms with Crippen LogP contribution >= 0.6 is 0 Å². The molecule has 3 aromatic heterocycles. The Labute approximate surface area is 173 Å². The molecular weight excluding hydrogens is 382 g/mol. The lowest BCUT2D eigenvalue weighted by atomic mass is 9.99. The number of nitrogens with one attached hydrogen (secondary N) is 1. The predicted octanol–water partition coefficient (Wildman–Crippen LogP) is 4.05. The van der Waals surface area contributed by atoms with Crippen LogP contribution in [0.25, 0.3) is 22.0 Å². The third-order valence-electron chi connectivity index (χ3n) is 5.17. The van der Waals surface area contributed by atoms with Crippen LogP contribution < -0.4 is 10.9 Å². The molecule has 1 N–H and O–H groups in total. The molecule has 30 heavy (non-hydrogen) atoms. The van der Waals surface area contributed by atoms with Gasteiger partial charge in [0.1, 0.15) is 6.10 Å². The van der Waals surface area contributed by atoms with E-state index in [9.17, 15) is 4.79 Å². The number of methoxy groups -OCH3 is 1. The average Bonchev–Trinajstić information content (AvgIpc) is 3.20. The van der Waals surface area contributed by atoms with Gasteiger partial charge in [-0.15, -0.1) is 0 Å². The van der Waals surface area contributed by atoms with Gasteiger partial charge < -0.3 is 19.1 Å². The molecule has 8 nitrogen and oxygen atoms in total. The molecule has 0 radical (unpaired) electrons. The van der Waals surface area contributed by atoms with Crippen LogP contribution in [0.2, 0.25) is 0 Å². The summed E-state index contributed by atoms with van der Waals surface area (Å²) in [7, 11) is 3.36. The minimum atomic E-state index is -0.292. The Morgan fingerprint density at radius 3 is 2.73 bits per heavy atom. The average molecular weight is 405 g/mol. The summed E-state index contributed by atoms with van der Waals surface area (Å²) >= 11 is 0. The van der Waals surface area contributed by atoms with Crippen LogP contribution in [-0.2, 0) is 11.8 Å². The van der Waals surface area contributed by atoms with Crippen molar-refractivity contribution in [1.82, 2.24) is 19.7 Å². The van der Waals surface area contributed by atoms with Gasteiger partial charge in [-0.25, -0.2) is 0 Å². The molecule has 154 valence electrons. The fraction of sp³-hybridized carbons (Fsp3) is 0.273. The summed E-state index contributed by atoms with van der Waals surface area (Å²) in [6, 6.07) is 9.58. The van der Waals surface area contributed by atoms with Crippen LogP contribution in [0.1, 0.15) is 30.2 Å². The molecule has 4 aromatic rings. The molecule has 0 amide bonds. The van der Waals surface area contributed by atoms with E-state index in [1.54, 1.807) is 24.9 Å². The standard InChI is InChI=1S/C22H23N5O3/c1-12-6-7-16(24-22-25-20(30-26-22)14(3)29-5)10-17(12)18-9-15-11-23-13(2)8-19(15)27(4)21(18)28/h6-11,14H,1-5H3,(H,24,26)/t14-/m0/s1. The van der Waals surface area contributed by atoms with Crippen molar-refractivity contribution in [2.45, 2.75) is 26.9 Å². The topological polar surface area (TPSA) is 95.1 Å². The fourth-order valence-electron chi connectivity index (χ4n) is 3.33. The highest BCUT2D eigenvalue weighted by Gasteiger charge is 2.15. The quantitative estimate of drug-likeness (QED) is 0.535. The van der Waals surface area contributed by atoms with Crippen molar-refractivity contribution in [3.8, 4) is 11.1 Å². The van der Waals surface area contributed by atoms with E-state index in [4.69, 9.17) is 9.26 Å². The number of hydrogen-bond acceptors (Lipinski definition) is 7. The van der Waals surface area contributed by atoms with Crippen LogP contribution in [0.5, 0.6) is 0 Å². The monoisotopic (exact) mass is 405 g/mol. The Morgan fingerprint density at radius 2 is 1.97 bits per heavy atom. The minimum absolute atomic E-state index is 0.0656. The zero-order valence-electron chi connectivity index (χ0n) is 17.6. The maximum Gasteiger partial charge on any atom is 0.267 e. The Balaban J connectivity index is 1.75. The summed E-state index contributed by atoms with van der Waals surface area (Å²) in [5, 5.41) is 7.97.